The molecule has 5 N–H and O–H groups in total. The van der Waals surface area contributed by atoms with Crippen LogP contribution in [0.15, 0.2) is 0 Å². The maximum absolute atomic E-state index is 12.3. The van der Waals surface area contributed by atoms with Gasteiger partial charge in [-0.2, -0.15) is 0 Å². The van der Waals surface area contributed by atoms with Gasteiger partial charge in [0, 0.05) is 0 Å². The second-order valence-corrected chi connectivity index (χ2v) is 14.8. The predicted molar refractivity (Wildman–Crippen MR) is 168 cm³/mol. The standard InChI is InChI=1S/C16H30N2O4.C15H28N2O5/c1-10(2)9-12(11(3)19)17-13(20)16(7,8)18-14(21)22-15(4,5)6;1-9(2)8-10(11(18)19)16-12(20)15(6,7)17-13(21)22-14(3,4)5/h10,12H,9H2,1-8H3,(H,17,20)(H,18,21);9-10H,8H2,1-7H3,(H,16,20)(H,17,21)(H,18,19)/t12-;10-/m11/s1. The van der Waals surface area contributed by atoms with E-state index in [4.69, 9.17) is 14.6 Å². The van der Waals surface area contributed by atoms with Gasteiger partial charge in [-0.1, -0.05) is 27.7 Å². The second-order valence-electron chi connectivity index (χ2n) is 14.8. The van der Waals surface area contributed by atoms with Gasteiger partial charge >= 0.3 is 18.2 Å². The van der Waals surface area contributed by atoms with E-state index in [1.807, 2.05) is 27.7 Å². The minimum atomic E-state index is -1.28. The number of amides is 4. The maximum Gasteiger partial charge on any atom is 0.408 e. The lowest BCUT2D eigenvalue weighted by molar-refractivity contribution is -0.143. The van der Waals surface area contributed by atoms with Gasteiger partial charge in [0.05, 0.1) is 6.04 Å². The van der Waals surface area contributed by atoms with Gasteiger partial charge in [-0.15, -0.1) is 0 Å². The molecule has 4 amide bonds. The number of nitrogens with one attached hydrogen (secondary N) is 4. The number of aliphatic carboxylic acids is 1. The summed E-state index contributed by atoms with van der Waals surface area (Å²) < 4.78 is 10.2. The minimum absolute atomic E-state index is 0.102. The van der Waals surface area contributed by atoms with Gasteiger partial charge < -0.3 is 35.8 Å². The molecule has 0 aromatic rings. The fourth-order valence-electron chi connectivity index (χ4n) is 3.40. The van der Waals surface area contributed by atoms with Crippen LogP contribution in [0.5, 0.6) is 0 Å². The Morgan fingerprint density at radius 2 is 0.886 bits per heavy atom. The summed E-state index contributed by atoms with van der Waals surface area (Å²) in [5, 5.41) is 19.3. The third-order valence-corrected chi connectivity index (χ3v) is 5.58. The van der Waals surface area contributed by atoms with Gasteiger partial charge in [-0.25, -0.2) is 14.4 Å². The maximum atomic E-state index is 12.3. The summed E-state index contributed by atoms with van der Waals surface area (Å²) in [5.41, 5.74) is -3.78. The average molecular weight is 631 g/mol. The summed E-state index contributed by atoms with van der Waals surface area (Å²) in [4.78, 5) is 70.9. The third-order valence-electron chi connectivity index (χ3n) is 5.58. The Hall–Kier alpha value is -3.38. The van der Waals surface area contributed by atoms with Crippen LogP contribution in [0.1, 0.15) is 117 Å². The van der Waals surface area contributed by atoms with E-state index in [0.29, 0.717) is 12.8 Å². The quantitative estimate of drug-likeness (QED) is 0.209. The molecule has 0 fully saturated rings. The first kappa shape index (κ1) is 42.8. The van der Waals surface area contributed by atoms with Crippen molar-refractivity contribution in [2.45, 2.75) is 151 Å². The zero-order valence-electron chi connectivity index (χ0n) is 29.4. The zero-order valence-corrected chi connectivity index (χ0v) is 29.4. The molecule has 13 nitrogen and oxygen atoms in total. The van der Waals surface area contributed by atoms with Gasteiger partial charge in [0.15, 0.2) is 5.78 Å². The van der Waals surface area contributed by atoms with Crippen LogP contribution in [0.25, 0.3) is 0 Å². The molecule has 0 saturated carbocycles. The number of hydrogen-bond donors (Lipinski definition) is 5. The lowest BCUT2D eigenvalue weighted by atomic mass is 9.98. The molecule has 0 heterocycles. The van der Waals surface area contributed by atoms with E-state index in [9.17, 15) is 28.8 Å². The molecule has 44 heavy (non-hydrogen) atoms. The molecule has 0 aliphatic rings. The number of Topliss-reactive ketones (excluding diaryl/α,β-unsaturated/α-hetero) is 1. The van der Waals surface area contributed by atoms with E-state index in [1.54, 1.807) is 55.4 Å². The molecule has 0 aliphatic carbocycles. The number of carbonyl (C=O) groups is 6. The van der Waals surface area contributed by atoms with E-state index in [-0.39, 0.29) is 17.6 Å². The Morgan fingerprint density at radius 1 is 0.591 bits per heavy atom. The molecule has 0 aromatic heterocycles. The molecule has 0 aromatic carbocycles. The van der Waals surface area contributed by atoms with Crippen molar-refractivity contribution in [2.24, 2.45) is 11.8 Å². The van der Waals surface area contributed by atoms with E-state index in [1.165, 1.54) is 20.8 Å². The first-order valence-corrected chi connectivity index (χ1v) is 14.9. The number of ketones is 1. The van der Waals surface area contributed by atoms with Gasteiger partial charge in [0.25, 0.3) is 0 Å². The molecule has 0 rings (SSSR count). The summed E-state index contributed by atoms with van der Waals surface area (Å²) in [6.45, 7) is 25.6. The molecule has 0 aliphatic heterocycles. The fraction of sp³-hybridized carbons (Fsp3) is 0.806. The van der Waals surface area contributed by atoms with Crippen LogP contribution in [0.4, 0.5) is 9.59 Å². The molecule has 256 valence electrons. The lowest BCUT2D eigenvalue weighted by Gasteiger charge is -2.29. The third kappa shape index (κ3) is 19.7. The highest BCUT2D eigenvalue weighted by Gasteiger charge is 2.35. The van der Waals surface area contributed by atoms with Crippen molar-refractivity contribution >= 4 is 35.8 Å². The van der Waals surface area contributed by atoms with Crippen LogP contribution >= 0.6 is 0 Å². The highest BCUT2D eigenvalue weighted by atomic mass is 16.6. The molecular weight excluding hydrogens is 572 g/mol. The Morgan fingerprint density at radius 3 is 1.14 bits per heavy atom. The molecular formula is C31H58N4O9. The van der Waals surface area contributed by atoms with Crippen molar-refractivity contribution in [1.82, 2.24) is 21.3 Å². The first-order chi connectivity index (χ1) is 19.5. The zero-order chi connectivity index (χ0) is 35.4. The van der Waals surface area contributed by atoms with Gasteiger partial charge in [-0.3, -0.25) is 14.4 Å². The lowest BCUT2D eigenvalue weighted by Crippen LogP contribution is -2.58. The highest BCUT2D eigenvalue weighted by Crippen LogP contribution is 2.13. The molecule has 2 atom stereocenters. The summed E-state index contributed by atoms with van der Waals surface area (Å²) in [6, 6.07) is -1.54. The Bertz CT molecular complexity index is 927. The number of hydrogen-bond acceptors (Lipinski definition) is 8. The normalized spacial score (nSPS) is 13.5. The first-order valence-electron chi connectivity index (χ1n) is 14.9. The monoisotopic (exact) mass is 630 g/mol. The Balaban J connectivity index is 0. The van der Waals surface area contributed by atoms with Crippen molar-refractivity contribution < 1.29 is 43.3 Å². The highest BCUT2D eigenvalue weighted by molar-refractivity contribution is 5.93. The van der Waals surface area contributed by atoms with Crippen molar-refractivity contribution in [3.05, 3.63) is 0 Å². The number of carboxylic acids is 1. The average Bonchev–Trinajstić information content (AvgIpc) is 2.74. The Labute approximate surface area is 263 Å². The van der Waals surface area contributed by atoms with Crippen molar-refractivity contribution in [2.75, 3.05) is 0 Å². The van der Waals surface area contributed by atoms with Gasteiger partial charge in [0.1, 0.15) is 28.3 Å². The van der Waals surface area contributed by atoms with Gasteiger partial charge in [0.2, 0.25) is 11.8 Å². The number of carbonyl (C=O) groups excluding carboxylic acids is 5. The molecule has 0 spiro atoms. The SMILES string of the molecule is CC(=O)[C@@H](CC(C)C)NC(=O)C(C)(C)NC(=O)OC(C)(C)C.CC(C)C[C@@H](NC(=O)C(C)(C)NC(=O)OC(C)(C)C)C(=O)O. The summed E-state index contributed by atoms with van der Waals surface area (Å²) in [5.74, 6) is -1.81. The second kappa shape index (κ2) is 17.2. The van der Waals surface area contributed by atoms with Crippen LogP contribution in [0.3, 0.4) is 0 Å². The smallest absolute Gasteiger partial charge is 0.408 e. The van der Waals surface area contributed by atoms with Crippen molar-refractivity contribution in [1.29, 1.82) is 0 Å². The van der Waals surface area contributed by atoms with Crippen LogP contribution in [0, 0.1) is 11.8 Å². The van der Waals surface area contributed by atoms with E-state index < -0.39 is 64.3 Å². The van der Waals surface area contributed by atoms with E-state index >= 15 is 0 Å². The Kier molecular flexibility index (Phi) is 16.7. The molecule has 0 bridgehead atoms. The number of rotatable bonds is 12. The van der Waals surface area contributed by atoms with Crippen LogP contribution in [-0.2, 0) is 28.7 Å². The van der Waals surface area contributed by atoms with Crippen molar-refractivity contribution in [3.63, 3.8) is 0 Å². The van der Waals surface area contributed by atoms with E-state index in [2.05, 4.69) is 21.3 Å². The van der Waals surface area contributed by atoms with Crippen molar-refractivity contribution in [3.8, 4) is 0 Å². The van der Waals surface area contributed by atoms with Gasteiger partial charge in [-0.05, 0) is 101 Å². The number of alkyl carbamates (subject to hydrolysis) is 2. The number of carboxylic acid groups (broad SMARTS) is 1. The summed E-state index contributed by atoms with van der Waals surface area (Å²) in [7, 11) is 0. The molecule has 0 radical (unpaired) electrons. The molecule has 0 unspecified atom stereocenters. The minimum Gasteiger partial charge on any atom is -0.480 e. The van der Waals surface area contributed by atoms with Crippen LogP contribution in [-0.4, -0.2) is 75.2 Å². The van der Waals surface area contributed by atoms with Crippen LogP contribution in [0.2, 0.25) is 0 Å². The largest absolute Gasteiger partial charge is 0.480 e. The topological polar surface area (TPSA) is 189 Å². The summed E-state index contributed by atoms with van der Waals surface area (Å²) >= 11 is 0. The van der Waals surface area contributed by atoms with Crippen LogP contribution < -0.4 is 21.3 Å². The summed E-state index contributed by atoms with van der Waals surface area (Å²) in [6.07, 6.45) is -0.535. The molecule has 13 heteroatoms. The molecule has 0 saturated heterocycles. The van der Waals surface area contributed by atoms with E-state index in [0.717, 1.165) is 0 Å². The predicted octanol–water partition coefficient (Wildman–Crippen LogP) is 4.31. The fourth-order valence-corrected chi connectivity index (χ4v) is 3.40. The number of ether oxygens (including phenoxy) is 2.